The van der Waals surface area contributed by atoms with Crippen molar-refractivity contribution in [1.29, 1.82) is 0 Å². The summed E-state index contributed by atoms with van der Waals surface area (Å²) in [6.45, 7) is 1.97. The highest BCUT2D eigenvalue weighted by atomic mass is 79.9. The monoisotopic (exact) mass is 328 g/mol. The van der Waals surface area contributed by atoms with Gasteiger partial charge in [-0.1, -0.05) is 23.7 Å². The molecule has 1 aromatic carbocycles. The molecule has 0 spiro atoms. The SMILES string of the molecule is CC(Nc1ncc(Br)cc1Cl)c1ccc(F)cc1. The Kier molecular flexibility index (Phi) is 4.19. The minimum Gasteiger partial charge on any atom is -0.362 e. The fraction of sp³-hybridized carbons (Fsp3) is 0.154. The van der Waals surface area contributed by atoms with Gasteiger partial charge in [-0.25, -0.2) is 9.37 Å². The zero-order chi connectivity index (χ0) is 13.1. The van der Waals surface area contributed by atoms with Gasteiger partial charge in [-0.05, 0) is 46.6 Å². The summed E-state index contributed by atoms with van der Waals surface area (Å²) in [5.41, 5.74) is 0.970. The van der Waals surface area contributed by atoms with E-state index in [1.54, 1.807) is 24.4 Å². The lowest BCUT2D eigenvalue weighted by Crippen LogP contribution is -2.08. The van der Waals surface area contributed by atoms with Gasteiger partial charge in [0.05, 0.1) is 5.02 Å². The third-order valence-corrected chi connectivity index (χ3v) is 3.25. The van der Waals surface area contributed by atoms with Crippen molar-refractivity contribution >= 4 is 33.3 Å². The van der Waals surface area contributed by atoms with E-state index in [4.69, 9.17) is 11.6 Å². The number of hydrogen-bond donors (Lipinski definition) is 1. The lowest BCUT2D eigenvalue weighted by Gasteiger charge is -2.15. The van der Waals surface area contributed by atoms with Crippen LogP contribution in [-0.2, 0) is 0 Å². The molecule has 18 heavy (non-hydrogen) atoms. The Morgan fingerprint density at radius 3 is 2.61 bits per heavy atom. The maximum atomic E-state index is 12.8. The number of hydrogen-bond acceptors (Lipinski definition) is 2. The van der Waals surface area contributed by atoms with Gasteiger partial charge in [0.2, 0.25) is 0 Å². The summed E-state index contributed by atoms with van der Waals surface area (Å²) in [6.07, 6.45) is 1.67. The quantitative estimate of drug-likeness (QED) is 0.874. The van der Waals surface area contributed by atoms with Gasteiger partial charge < -0.3 is 5.32 Å². The number of anilines is 1. The topological polar surface area (TPSA) is 24.9 Å². The van der Waals surface area contributed by atoms with Crippen molar-refractivity contribution in [3.05, 3.63) is 57.4 Å². The van der Waals surface area contributed by atoms with Crippen molar-refractivity contribution in [3.8, 4) is 0 Å². The number of rotatable bonds is 3. The van der Waals surface area contributed by atoms with E-state index in [1.807, 2.05) is 6.92 Å². The summed E-state index contributed by atoms with van der Waals surface area (Å²) in [4.78, 5) is 4.20. The number of halogens is 3. The Bertz CT molecular complexity index is 545. The summed E-state index contributed by atoms with van der Waals surface area (Å²) in [6, 6.07) is 8.11. The predicted molar refractivity (Wildman–Crippen MR) is 75.4 cm³/mol. The molecule has 0 saturated heterocycles. The van der Waals surface area contributed by atoms with Crippen molar-refractivity contribution < 1.29 is 4.39 Å². The van der Waals surface area contributed by atoms with Crippen LogP contribution < -0.4 is 5.32 Å². The van der Waals surface area contributed by atoms with Crippen LogP contribution in [0.2, 0.25) is 5.02 Å². The second kappa shape index (κ2) is 5.67. The van der Waals surface area contributed by atoms with E-state index in [2.05, 4.69) is 26.2 Å². The van der Waals surface area contributed by atoms with Crippen molar-refractivity contribution in [3.63, 3.8) is 0 Å². The van der Waals surface area contributed by atoms with Crippen LogP contribution in [0.1, 0.15) is 18.5 Å². The minimum absolute atomic E-state index is 0.00299. The first-order valence-electron chi connectivity index (χ1n) is 5.39. The van der Waals surface area contributed by atoms with E-state index in [-0.39, 0.29) is 11.9 Å². The first-order valence-corrected chi connectivity index (χ1v) is 6.56. The van der Waals surface area contributed by atoms with Crippen LogP contribution in [0.25, 0.3) is 0 Å². The molecule has 1 N–H and O–H groups in total. The van der Waals surface area contributed by atoms with E-state index >= 15 is 0 Å². The molecular weight excluding hydrogens is 319 g/mol. The second-order valence-electron chi connectivity index (χ2n) is 3.90. The Balaban J connectivity index is 2.15. The Morgan fingerprint density at radius 2 is 2.00 bits per heavy atom. The molecule has 0 saturated carbocycles. The summed E-state index contributed by atoms with van der Waals surface area (Å²) in [5, 5.41) is 3.73. The average Bonchev–Trinajstić information content (AvgIpc) is 2.33. The molecular formula is C13H11BrClFN2. The van der Waals surface area contributed by atoms with Gasteiger partial charge in [0.1, 0.15) is 11.6 Å². The number of aromatic nitrogens is 1. The summed E-state index contributed by atoms with van der Waals surface area (Å²) < 4.78 is 13.7. The molecule has 0 aliphatic heterocycles. The number of nitrogens with zero attached hydrogens (tertiary/aromatic N) is 1. The highest BCUT2D eigenvalue weighted by Crippen LogP contribution is 2.26. The number of pyridine rings is 1. The molecule has 0 radical (unpaired) electrons. The molecule has 94 valence electrons. The standard InChI is InChI=1S/C13H11BrClFN2/c1-8(9-2-4-11(16)5-3-9)18-13-12(15)6-10(14)7-17-13/h2-8H,1H3,(H,17,18). The molecule has 1 heterocycles. The molecule has 0 aliphatic rings. The van der Waals surface area contributed by atoms with Crippen LogP contribution in [0.15, 0.2) is 41.0 Å². The third-order valence-electron chi connectivity index (χ3n) is 2.53. The highest BCUT2D eigenvalue weighted by Gasteiger charge is 2.09. The maximum absolute atomic E-state index is 12.8. The molecule has 5 heteroatoms. The van der Waals surface area contributed by atoms with Gasteiger partial charge in [-0.3, -0.25) is 0 Å². The molecule has 2 aromatic rings. The maximum Gasteiger partial charge on any atom is 0.145 e. The fourth-order valence-electron chi connectivity index (χ4n) is 1.56. The van der Waals surface area contributed by atoms with Crippen molar-refractivity contribution in [1.82, 2.24) is 4.98 Å². The normalized spacial score (nSPS) is 12.2. The Labute approximate surface area is 118 Å². The first kappa shape index (κ1) is 13.3. The lowest BCUT2D eigenvalue weighted by atomic mass is 10.1. The van der Waals surface area contributed by atoms with E-state index in [9.17, 15) is 4.39 Å². The molecule has 1 unspecified atom stereocenters. The zero-order valence-electron chi connectivity index (χ0n) is 9.62. The van der Waals surface area contributed by atoms with E-state index < -0.39 is 0 Å². The largest absolute Gasteiger partial charge is 0.362 e. The van der Waals surface area contributed by atoms with Gasteiger partial charge in [-0.2, -0.15) is 0 Å². The molecule has 0 bridgehead atoms. The van der Waals surface area contributed by atoms with Gasteiger partial charge in [0.15, 0.2) is 0 Å². The molecule has 2 rings (SSSR count). The van der Waals surface area contributed by atoms with Crippen LogP contribution in [0.3, 0.4) is 0 Å². The smallest absolute Gasteiger partial charge is 0.145 e. The molecule has 0 fully saturated rings. The summed E-state index contributed by atoms with van der Waals surface area (Å²) >= 11 is 9.37. The van der Waals surface area contributed by atoms with E-state index in [0.29, 0.717) is 10.8 Å². The Morgan fingerprint density at radius 1 is 1.33 bits per heavy atom. The van der Waals surface area contributed by atoms with E-state index in [1.165, 1.54) is 12.1 Å². The van der Waals surface area contributed by atoms with E-state index in [0.717, 1.165) is 10.0 Å². The van der Waals surface area contributed by atoms with Crippen LogP contribution in [0, 0.1) is 5.82 Å². The van der Waals surface area contributed by atoms with Crippen LogP contribution in [0.4, 0.5) is 10.2 Å². The summed E-state index contributed by atoms with van der Waals surface area (Å²) in [5.74, 6) is 0.363. The summed E-state index contributed by atoms with van der Waals surface area (Å²) in [7, 11) is 0. The third kappa shape index (κ3) is 3.21. The van der Waals surface area contributed by atoms with Crippen molar-refractivity contribution in [2.45, 2.75) is 13.0 Å². The molecule has 0 amide bonds. The van der Waals surface area contributed by atoms with Gasteiger partial charge in [0, 0.05) is 16.7 Å². The fourth-order valence-corrected chi connectivity index (χ4v) is 2.24. The van der Waals surface area contributed by atoms with Crippen molar-refractivity contribution in [2.24, 2.45) is 0 Å². The number of benzene rings is 1. The Hall–Kier alpha value is -1.13. The highest BCUT2D eigenvalue weighted by molar-refractivity contribution is 9.10. The van der Waals surface area contributed by atoms with Crippen LogP contribution >= 0.6 is 27.5 Å². The van der Waals surface area contributed by atoms with Gasteiger partial charge >= 0.3 is 0 Å². The van der Waals surface area contributed by atoms with Crippen LogP contribution in [-0.4, -0.2) is 4.98 Å². The molecule has 0 aliphatic carbocycles. The first-order chi connectivity index (χ1) is 8.56. The zero-order valence-corrected chi connectivity index (χ0v) is 12.0. The lowest BCUT2D eigenvalue weighted by molar-refractivity contribution is 0.626. The molecule has 2 nitrogen and oxygen atoms in total. The molecule has 1 aromatic heterocycles. The van der Waals surface area contributed by atoms with Gasteiger partial charge in [0.25, 0.3) is 0 Å². The van der Waals surface area contributed by atoms with Crippen LogP contribution in [0.5, 0.6) is 0 Å². The molecule has 1 atom stereocenters. The van der Waals surface area contributed by atoms with Crippen molar-refractivity contribution in [2.75, 3.05) is 5.32 Å². The number of nitrogens with one attached hydrogen (secondary N) is 1. The average molecular weight is 330 g/mol. The van der Waals surface area contributed by atoms with Gasteiger partial charge in [-0.15, -0.1) is 0 Å². The predicted octanol–water partition coefficient (Wildman–Crippen LogP) is 4.81. The second-order valence-corrected chi connectivity index (χ2v) is 5.22. The minimum atomic E-state index is -0.245.